The molecule has 0 spiro atoms. The molecule has 1 aliphatic rings. The molecule has 0 radical (unpaired) electrons. The predicted molar refractivity (Wildman–Crippen MR) is 176 cm³/mol. The molecule has 4 aromatic heterocycles. The number of benzene rings is 2. The van der Waals surface area contributed by atoms with Crippen LogP contribution in [0.1, 0.15) is 37.7 Å². The summed E-state index contributed by atoms with van der Waals surface area (Å²) in [6, 6.07) is 14.2. The van der Waals surface area contributed by atoms with E-state index < -0.39 is 15.7 Å². The molecule has 1 fully saturated rings. The summed E-state index contributed by atoms with van der Waals surface area (Å²) in [5, 5.41) is 11.5. The number of nitrogens with zero attached hydrogens (tertiary/aromatic N) is 4. The van der Waals surface area contributed by atoms with Crippen LogP contribution in [0.25, 0.3) is 55.8 Å². The average Bonchev–Trinajstić information content (AvgIpc) is 3.68. The predicted octanol–water partition coefficient (Wildman–Crippen LogP) is 6.48. The van der Waals surface area contributed by atoms with Gasteiger partial charge in [0.15, 0.2) is 11.5 Å². The van der Waals surface area contributed by atoms with Gasteiger partial charge >= 0.3 is 0 Å². The highest BCUT2D eigenvalue weighted by Gasteiger charge is 2.22. The Hall–Kier alpha value is -4.97. The van der Waals surface area contributed by atoms with E-state index in [9.17, 15) is 17.6 Å². The van der Waals surface area contributed by atoms with E-state index in [4.69, 9.17) is 4.98 Å². The minimum atomic E-state index is -3.20. The van der Waals surface area contributed by atoms with Crippen molar-refractivity contribution in [1.29, 1.82) is 0 Å². The summed E-state index contributed by atoms with van der Waals surface area (Å²) < 4.78 is 38.0. The average molecular weight is 638 g/mol. The van der Waals surface area contributed by atoms with Gasteiger partial charge in [-0.05, 0) is 72.4 Å². The van der Waals surface area contributed by atoms with Crippen molar-refractivity contribution in [2.24, 2.45) is 5.92 Å². The van der Waals surface area contributed by atoms with Crippen molar-refractivity contribution < 1.29 is 17.6 Å². The van der Waals surface area contributed by atoms with E-state index in [2.05, 4.69) is 30.5 Å². The number of aromatic amines is 2. The van der Waals surface area contributed by atoms with Crippen molar-refractivity contribution in [1.82, 2.24) is 30.1 Å². The van der Waals surface area contributed by atoms with Crippen LogP contribution < -0.4 is 5.32 Å². The molecule has 7 rings (SSSR count). The number of rotatable bonds is 8. The zero-order valence-corrected chi connectivity index (χ0v) is 26.0. The van der Waals surface area contributed by atoms with Gasteiger partial charge in [0.05, 0.1) is 28.7 Å². The standard InChI is InChI=1S/C34H32FN7O3S/c1-46(44,45)12-10-20-13-23(15-25(35)14-20)27-9-11-37-32-30(27)39-33(40-32)31-28-17-22(7-8-29(28)41-42-31)24-16-26(19-36-18-24)38-34(43)21-5-3-2-4-6-21/h7-9,11,13-19,21H,2-6,10,12H2,1H3,(H,38,43)(H,41,42)(H,37,39,40). The fourth-order valence-electron chi connectivity index (χ4n) is 6.17. The molecular weight excluding hydrogens is 605 g/mol. The van der Waals surface area contributed by atoms with Crippen molar-refractivity contribution >= 4 is 43.5 Å². The van der Waals surface area contributed by atoms with E-state index in [0.717, 1.165) is 47.7 Å². The lowest BCUT2D eigenvalue weighted by Crippen LogP contribution is -2.24. The van der Waals surface area contributed by atoms with Crippen LogP contribution in [0, 0.1) is 11.7 Å². The number of hydrogen-bond acceptors (Lipinski definition) is 7. The molecule has 1 amide bonds. The van der Waals surface area contributed by atoms with Crippen molar-refractivity contribution in [3.05, 3.63) is 78.5 Å². The van der Waals surface area contributed by atoms with Gasteiger partial charge in [0.2, 0.25) is 5.91 Å². The van der Waals surface area contributed by atoms with Gasteiger partial charge in [-0.3, -0.25) is 14.9 Å². The highest BCUT2D eigenvalue weighted by Crippen LogP contribution is 2.34. The molecule has 0 atom stereocenters. The first kappa shape index (κ1) is 29.7. The van der Waals surface area contributed by atoms with Gasteiger partial charge in [0.1, 0.15) is 21.3 Å². The van der Waals surface area contributed by atoms with E-state index in [1.54, 1.807) is 30.7 Å². The maximum absolute atomic E-state index is 14.7. The summed E-state index contributed by atoms with van der Waals surface area (Å²) >= 11 is 0. The van der Waals surface area contributed by atoms with E-state index in [1.165, 1.54) is 24.8 Å². The quantitative estimate of drug-likeness (QED) is 0.173. The summed E-state index contributed by atoms with van der Waals surface area (Å²) in [6.45, 7) is 0. The first-order valence-corrected chi connectivity index (χ1v) is 17.3. The van der Waals surface area contributed by atoms with E-state index in [1.807, 2.05) is 24.3 Å². The van der Waals surface area contributed by atoms with Crippen LogP contribution in [0.2, 0.25) is 0 Å². The highest BCUT2D eigenvalue weighted by atomic mass is 32.2. The SMILES string of the molecule is CS(=O)(=O)CCc1cc(F)cc(-c2ccnc3nc(-c4n[nH]c5ccc(-c6cncc(NC(=O)C7CCCCC7)c6)cc45)[nH]c23)c1. The summed E-state index contributed by atoms with van der Waals surface area (Å²) in [5.41, 5.74) is 6.70. The number of imidazole rings is 1. The third-order valence-electron chi connectivity index (χ3n) is 8.52. The number of hydrogen-bond donors (Lipinski definition) is 3. The lowest BCUT2D eigenvalue weighted by Gasteiger charge is -2.20. The molecule has 3 N–H and O–H groups in total. The molecule has 4 heterocycles. The molecule has 1 aliphatic carbocycles. The van der Waals surface area contributed by atoms with Gasteiger partial charge in [-0.1, -0.05) is 31.4 Å². The Kier molecular flexibility index (Phi) is 7.81. The largest absolute Gasteiger partial charge is 0.335 e. The van der Waals surface area contributed by atoms with Gasteiger partial charge in [-0.15, -0.1) is 0 Å². The van der Waals surface area contributed by atoms with Crippen molar-refractivity contribution in [2.45, 2.75) is 38.5 Å². The minimum absolute atomic E-state index is 0.0453. The van der Waals surface area contributed by atoms with Gasteiger partial charge in [0.25, 0.3) is 0 Å². The number of fused-ring (bicyclic) bond motifs is 2. The summed E-state index contributed by atoms with van der Waals surface area (Å²) in [7, 11) is -3.20. The number of aromatic nitrogens is 6. The molecule has 0 unspecified atom stereocenters. The number of anilines is 1. The van der Waals surface area contributed by atoms with Crippen molar-refractivity contribution in [3.63, 3.8) is 0 Å². The first-order chi connectivity index (χ1) is 22.2. The zero-order chi connectivity index (χ0) is 31.8. The Morgan fingerprint density at radius 3 is 2.67 bits per heavy atom. The maximum atomic E-state index is 14.7. The van der Waals surface area contributed by atoms with Crippen molar-refractivity contribution in [3.8, 4) is 33.8 Å². The van der Waals surface area contributed by atoms with Gasteiger partial charge < -0.3 is 10.3 Å². The fraction of sp³-hybridized carbons (Fsp3) is 0.265. The number of aryl methyl sites for hydroxylation is 1. The lowest BCUT2D eigenvalue weighted by atomic mass is 9.88. The number of pyridine rings is 2. The van der Waals surface area contributed by atoms with Crippen LogP contribution in [0.5, 0.6) is 0 Å². The van der Waals surface area contributed by atoms with E-state index in [-0.39, 0.29) is 24.0 Å². The number of amides is 1. The Morgan fingerprint density at radius 2 is 1.85 bits per heavy atom. The Bertz CT molecular complexity index is 2200. The Balaban J connectivity index is 1.21. The number of carbonyl (C=O) groups excluding carboxylic acids is 1. The number of sulfone groups is 1. The third kappa shape index (κ3) is 6.25. The summed E-state index contributed by atoms with van der Waals surface area (Å²) in [4.78, 5) is 29.7. The van der Waals surface area contributed by atoms with Crippen LogP contribution in [0.4, 0.5) is 10.1 Å². The van der Waals surface area contributed by atoms with Crippen LogP contribution in [-0.2, 0) is 21.1 Å². The topological polar surface area (TPSA) is 146 Å². The van der Waals surface area contributed by atoms with Crippen LogP contribution in [0.15, 0.2) is 67.1 Å². The van der Waals surface area contributed by atoms with E-state index >= 15 is 0 Å². The van der Waals surface area contributed by atoms with E-state index in [0.29, 0.717) is 45.1 Å². The van der Waals surface area contributed by atoms with Crippen LogP contribution in [-0.4, -0.2) is 56.5 Å². The van der Waals surface area contributed by atoms with Crippen LogP contribution >= 0.6 is 0 Å². The van der Waals surface area contributed by atoms with Crippen molar-refractivity contribution in [2.75, 3.05) is 17.3 Å². The minimum Gasteiger partial charge on any atom is -0.335 e. The molecule has 0 aliphatic heterocycles. The fourth-order valence-corrected chi connectivity index (χ4v) is 6.77. The molecule has 10 nitrogen and oxygen atoms in total. The van der Waals surface area contributed by atoms with Gasteiger partial charge in [0, 0.05) is 41.1 Å². The lowest BCUT2D eigenvalue weighted by molar-refractivity contribution is -0.120. The summed E-state index contributed by atoms with van der Waals surface area (Å²) in [6.07, 6.45) is 11.6. The maximum Gasteiger partial charge on any atom is 0.227 e. The molecule has 1 saturated carbocycles. The highest BCUT2D eigenvalue weighted by molar-refractivity contribution is 7.90. The van der Waals surface area contributed by atoms with Crippen LogP contribution in [0.3, 0.4) is 0 Å². The zero-order valence-electron chi connectivity index (χ0n) is 25.2. The Labute approximate surface area is 264 Å². The number of nitrogens with one attached hydrogen (secondary N) is 3. The second-order valence-electron chi connectivity index (χ2n) is 12.0. The second kappa shape index (κ2) is 12.1. The molecule has 2 aromatic carbocycles. The van der Waals surface area contributed by atoms with Gasteiger partial charge in [-0.25, -0.2) is 22.8 Å². The summed E-state index contributed by atoms with van der Waals surface area (Å²) in [5.74, 6) is 0.0539. The Morgan fingerprint density at radius 1 is 1.00 bits per heavy atom. The normalized spacial score (nSPS) is 14.2. The smallest absolute Gasteiger partial charge is 0.227 e. The van der Waals surface area contributed by atoms with Gasteiger partial charge in [-0.2, -0.15) is 5.10 Å². The second-order valence-corrected chi connectivity index (χ2v) is 14.2. The molecule has 12 heteroatoms. The molecule has 234 valence electrons. The molecule has 0 saturated heterocycles. The first-order valence-electron chi connectivity index (χ1n) is 15.3. The number of H-pyrrole nitrogens is 2. The monoisotopic (exact) mass is 637 g/mol. The molecule has 0 bridgehead atoms. The molecule has 6 aromatic rings. The third-order valence-corrected chi connectivity index (χ3v) is 9.47. The molecular formula is C34H32FN7O3S. The number of carbonyl (C=O) groups is 1. The molecule has 46 heavy (non-hydrogen) atoms. The number of halogens is 1.